The van der Waals surface area contributed by atoms with Crippen LogP contribution >= 0.6 is 0 Å². The first-order valence-electron chi connectivity index (χ1n) is 3.98. The number of aliphatic hydroxyl groups is 1. The summed E-state index contributed by atoms with van der Waals surface area (Å²) in [4.78, 5) is 13.3. The van der Waals surface area contributed by atoms with Gasteiger partial charge in [0.15, 0.2) is 0 Å². The standard InChI is InChI=1S/C8H11N3O3/c1-8(9,5-12)6-2-3-7(10-4-6)11(13)14/h2-4,12H,5,9H2,1H3/t8-/m0/s1. The van der Waals surface area contributed by atoms with Gasteiger partial charge >= 0.3 is 5.82 Å². The van der Waals surface area contributed by atoms with E-state index in [1.807, 2.05) is 0 Å². The molecule has 0 amide bonds. The minimum atomic E-state index is -0.915. The van der Waals surface area contributed by atoms with Gasteiger partial charge in [0.25, 0.3) is 0 Å². The molecular weight excluding hydrogens is 186 g/mol. The average molecular weight is 197 g/mol. The number of aromatic nitrogens is 1. The van der Waals surface area contributed by atoms with Crippen LogP contribution in [0, 0.1) is 10.1 Å². The smallest absolute Gasteiger partial charge is 0.363 e. The summed E-state index contributed by atoms with van der Waals surface area (Å²) in [5, 5.41) is 19.2. The predicted molar refractivity (Wildman–Crippen MR) is 49.5 cm³/mol. The third kappa shape index (κ3) is 2.04. The van der Waals surface area contributed by atoms with Crippen molar-refractivity contribution in [2.45, 2.75) is 12.5 Å². The summed E-state index contributed by atoms with van der Waals surface area (Å²) in [6, 6.07) is 2.75. The summed E-state index contributed by atoms with van der Waals surface area (Å²) in [5.41, 5.74) is 5.35. The van der Waals surface area contributed by atoms with Crippen molar-refractivity contribution in [3.05, 3.63) is 34.0 Å². The molecule has 0 aliphatic carbocycles. The third-order valence-corrected chi connectivity index (χ3v) is 1.92. The molecule has 1 heterocycles. The van der Waals surface area contributed by atoms with Crippen LogP contribution in [0.2, 0.25) is 0 Å². The van der Waals surface area contributed by atoms with E-state index in [0.717, 1.165) is 0 Å². The van der Waals surface area contributed by atoms with Crippen molar-refractivity contribution in [3.8, 4) is 0 Å². The lowest BCUT2D eigenvalue weighted by Crippen LogP contribution is -2.36. The lowest BCUT2D eigenvalue weighted by atomic mass is 9.96. The molecule has 0 fully saturated rings. The van der Waals surface area contributed by atoms with Gasteiger partial charge in [0.2, 0.25) is 0 Å². The van der Waals surface area contributed by atoms with E-state index in [1.54, 1.807) is 6.92 Å². The van der Waals surface area contributed by atoms with Crippen molar-refractivity contribution in [1.82, 2.24) is 4.98 Å². The summed E-state index contributed by atoms with van der Waals surface area (Å²) in [6.45, 7) is 1.38. The van der Waals surface area contributed by atoms with Crippen LogP contribution in [0.3, 0.4) is 0 Å². The number of nitrogens with zero attached hydrogens (tertiary/aromatic N) is 2. The maximum Gasteiger partial charge on any atom is 0.363 e. The van der Waals surface area contributed by atoms with Gasteiger partial charge in [-0.15, -0.1) is 0 Å². The summed E-state index contributed by atoms with van der Waals surface area (Å²) in [7, 11) is 0. The van der Waals surface area contributed by atoms with Crippen molar-refractivity contribution in [2.24, 2.45) is 5.73 Å². The molecule has 6 heteroatoms. The van der Waals surface area contributed by atoms with E-state index in [1.165, 1.54) is 18.3 Å². The Hall–Kier alpha value is -1.53. The average Bonchev–Trinajstić information content (AvgIpc) is 2.18. The molecule has 0 unspecified atom stereocenters. The van der Waals surface area contributed by atoms with Gasteiger partial charge in [-0.2, -0.15) is 0 Å². The van der Waals surface area contributed by atoms with Crippen LogP contribution in [0.25, 0.3) is 0 Å². The molecule has 76 valence electrons. The molecule has 14 heavy (non-hydrogen) atoms. The normalized spacial score (nSPS) is 14.8. The van der Waals surface area contributed by atoms with Crippen LogP contribution in [0.15, 0.2) is 18.3 Å². The van der Waals surface area contributed by atoms with Gasteiger partial charge in [-0.25, -0.2) is 0 Å². The van der Waals surface area contributed by atoms with E-state index >= 15 is 0 Å². The van der Waals surface area contributed by atoms with Crippen LogP contribution < -0.4 is 5.73 Å². The number of nitro groups is 1. The number of pyridine rings is 1. The Kier molecular flexibility index (Phi) is 2.78. The Morgan fingerprint density at radius 2 is 2.36 bits per heavy atom. The Labute approximate surface area is 80.5 Å². The highest BCUT2D eigenvalue weighted by atomic mass is 16.6. The van der Waals surface area contributed by atoms with Gasteiger partial charge in [-0.1, -0.05) is 0 Å². The molecule has 1 atom stereocenters. The quantitative estimate of drug-likeness (QED) is 0.530. The molecule has 1 aromatic heterocycles. The number of aliphatic hydroxyl groups excluding tert-OH is 1. The molecule has 0 aliphatic rings. The van der Waals surface area contributed by atoms with Gasteiger partial charge in [0.05, 0.1) is 12.1 Å². The lowest BCUT2D eigenvalue weighted by Gasteiger charge is -2.20. The summed E-state index contributed by atoms with van der Waals surface area (Å²) in [6.07, 6.45) is 1.30. The molecule has 0 saturated heterocycles. The Balaban J connectivity index is 2.99. The third-order valence-electron chi connectivity index (χ3n) is 1.92. The van der Waals surface area contributed by atoms with Crippen molar-refractivity contribution in [3.63, 3.8) is 0 Å². The summed E-state index contributed by atoms with van der Waals surface area (Å²) >= 11 is 0. The summed E-state index contributed by atoms with van der Waals surface area (Å²) < 4.78 is 0. The van der Waals surface area contributed by atoms with Crippen LogP contribution in [0.1, 0.15) is 12.5 Å². The molecule has 6 nitrogen and oxygen atoms in total. The van der Waals surface area contributed by atoms with Crippen molar-refractivity contribution in [1.29, 1.82) is 0 Å². The van der Waals surface area contributed by atoms with Crippen molar-refractivity contribution in [2.75, 3.05) is 6.61 Å². The molecule has 1 rings (SSSR count). The maximum atomic E-state index is 10.3. The largest absolute Gasteiger partial charge is 0.394 e. The SMILES string of the molecule is C[C@](N)(CO)c1ccc([N+](=O)[O-])nc1. The van der Waals surface area contributed by atoms with Crippen LogP contribution in [-0.4, -0.2) is 21.6 Å². The molecule has 0 aliphatic heterocycles. The minimum Gasteiger partial charge on any atom is -0.394 e. The summed E-state index contributed by atoms with van der Waals surface area (Å²) in [5.74, 6) is -0.234. The van der Waals surface area contributed by atoms with Gasteiger partial charge in [-0.3, -0.25) is 0 Å². The van der Waals surface area contributed by atoms with Crippen molar-refractivity contribution >= 4 is 5.82 Å². The second-order valence-electron chi connectivity index (χ2n) is 3.24. The second-order valence-corrected chi connectivity index (χ2v) is 3.24. The minimum absolute atomic E-state index is 0.234. The van der Waals surface area contributed by atoms with Gasteiger partial charge in [0, 0.05) is 11.6 Å². The zero-order chi connectivity index (χ0) is 10.8. The number of nitrogens with two attached hydrogens (primary N) is 1. The number of hydrogen-bond acceptors (Lipinski definition) is 5. The van der Waals surface area contributed by atoms with Gasteiger partial charge in [0.1, 0.15) is 6.20 Å². The highest BCUT2D eigenvalue weighted by molar-refractivity contribution is 5.27. The van der Waals surface area contributed by atoms with E-state index in [9.17, 15) is 10.1 Å². The van der Waals surface area contributed by atoms with E-state index in [4.69, 9.17) is 10.8 Å². The Bertz CT molecular complexity index is 334. The van der Waals surface area contributed by atoms with E-state index in [0.29, 0.717) is 5.56 Å². The monoisotopic (exact) mass is 197 g/mol. The predicted octanol–water partition coefficient (Wildman–Crippen LogP) is 0.156. The molecular formula is C8H11N3O3. The fourth-order valence-electron chi connectivity index (χ4n) is 0.923. The van der Waals surface area contributed by atoms with E-state index in [-0.39, 0.29) is 12.4 Å². The number of rotatable bonds is 3. The molecule has 0 radical (unpaired) electrons. The number of hydrogen-bond donors (Lipinski definition) is 2. The fourth-order valence-corrected chi connectivity index (χ4v) is 0.923. The molecule has 0 aromatic carbocycles. The topological polar surface area (TPSA) is 102 Å². The Morgan fingerprint density at radius 3 is 2.71 bits per heavy atom. The molecule has 3 N–H and O–H groups in total. The van der Waals surface area contributed by atoms with Crippen molar-refractivity contribution < 1.29 is 10.0 Å². The van der Waals surface area contributed by atoms with Crippen LogP contribution in [0.4, 0.5) is 5.82 Å². The second kappa shape index (κ2) is 3.69. The van der Waals surface area contributed by atoms with Gasteiger partial charge in [-0.05, 0) is 22.9 Å². The molecule has 1 aromatic rings. The molecule has 0 bridgehead atoms. The maximum absolute atomic E-state index is 10.3. The molecule has 0 saturated carbocycles. The van der Waals surface area contributed by atoms with Crippen LogP contribution in [0.5, 0.6) is 0 Å². The molecule has 0 spiro atoms. The highest BCUT2D eigenvalue weighted by Crippen LogP contribution is 2.17. The zero-order valence-electron chi connectivity index (χ0n) is 7.67. The Morgan fingerprint density at radius 1 is 1.71 bits per heavy atom. The fraction of sp³-hybridized carbons (Fsp3) is 0.375. The van der Waals surface area contributed by atoms with Crippen LogP contribution in [-0.2, 0) is 5.54 Å². The van der Waals surface area contributed by atoms with E-state index < -0.39 is 10.5 Å². The first-order chi connectivity index (χ1) is 6.47. The highest BCUT2D eigenvalue weighted by Gasteiger charge is 2.22. The zero-order valence-corrected chi connectivity index (χ0v) is 7.67. The first kappa shape index (κ1) is 10.6. The van der Waals surface area contributed by atoms with Gasteiger partial charge < -0.3 is 21.0 Å². The van der Waals surface area contributed by atoms with E-state index in [2.05, 4.69) is 4.98 Å². The lowest BCUT2D eigenvalue weighted by molar-refractivity contribution is -0.389. The first-order valence-corrected chi connectivity index (χ1v) is 3.98.